The van der Waals surface area contributed by atoms with E-state index < -0.39 is 18.0 Å². The number of carbonyl (C=O) groups is 3. The van der Waals surface area contributed by atoms with Crippen LogP contribution in [0.2, 0.25) is 0 Å². The number of hydrogen-bond acceptors (Lipinski definition) is 4. The van der Waals surface area contributed by atoms with Gasteiger partial charge in [-0.05, 0) is 38.5 Å². The molecule has 0 heterocycles. The van der Waals surface area contributed by atoms with E-state index in [4.69, 9.17) is 4.74 Å². The van der Waals surface area contributed by atoms with Crippen LogP contribution in [0.5, 0.6) is 5.75 Å². The standard InChI is InChI=1S/C14H17BrN2O4/c1-4-16-14(20)17-13(19)9(3)21-12-8(2)5-11(15)6-10(12)7-18/h5-7,9H,4H2,1-3H3,(H2,16,17,19,20). The lowest BCUT2D eigenvalue weighted by Gasteiger charge is -2.17. The zero-order chi connectivity index (χ0) is 16.0. The summed E-state index contributed by atoms with van der Waals surface area (Å²) in [6.45, 7) is 5.42. The summed E-state index contributed by atoms with van der Waals surface area (Å²) in [7, 11) is 0. The number of imide groups is 1. The summed E-state index contributed by atoms with van der Waals surface area (Å²) in [5.74, 6) is -0.258. The fraction of sp³-hybridized carbons (Fsp3) is 0.357. The first kappa shape index (κ1) is 17.2. The smallest absolute Gasteiger partial charge is 0.321 e. The number of benzene rings is 1. The molecule has 1 atom stereocenters. The number of urea groups is 1. The number of aldehydes is 1. The molecule has 0 spiro atoms. The molecule has 0 aromatic heterocycles. The third-order valence-corrected chi connectivity index (χ3v) is 3.09. The fourth-order valence-electron chi connectivity index (χ4n) is 1.65. The van der Waals surface area contributed by atoms with Crippen LogP contribution in [-0.2, 0) is 4.79 Å². The van der Waals surface area contributed by atoms with Gasteiger partial charge in [0.25, 0.3) is 5.91 Å². The zero-order valence-corrected chi connectivity index (χ0v) is 13.6. The van der Waals surface area contributed by atoms with E-state index in [-0.39, 0.29) is 0 Å². The molecular formula is C14H17BrN2O4. The fourth-order valence-corrected chi connectivity index (χ4v) is 2.24. The van der Waals surface area contributed by atoms with Crippen molar-refractivity contribution < 1.29 is 19.1 Å². The molecule has 1 unspecified atom stereocenters. The zero-order valence-electron chi connectivity index (χ0n) is 12.0. The predicted molar refractivity (Wildman–Crippen MR) is 81.6 cm³/mol. The molecule has 0 saturated carbocycles. The van der Waals surface area contributed by atoms with E-state index >= 15 is 0 Å². The van der Waals surface area contributed by atoms with Gasteiger partial charge in [-0.15, -0.1) is 0 Å². The van der Waals surface area contributed by atoms with Gasteiger partial charge in [-0.1, -0.05) is 15.9 Å². The van der Waals surface area contributed by atoms with Crippen molar-refractivity contribution in [3.05, 3.63) is 27.7 Å². The molecule has 21 heavy (non-hydrogen) atoms. The second kappa shape index (κ2) is 7.78. The Morgan fingerprint density at radius 3 is 2.67 bits per heavy atom. The second-order valence-corrected chi connectivity index (χ2v) is 5.28. The van der Waals surface area contributed by atoms with E-state index in [0.29, 0.717) is 29.7 Å². The van der Waals surface area contributed by atoms with Gasteiger partial charge in [-0.3, -0.25) is 14.9 Å². The summed E-state index contributed by atoms with van der Waals surface area (Å²) in [5, 5.41) is 4.61. The lowest BCUT2D eigenvalue weighted by atomic mass is 10.1. The number of aryl methyl sites for hydroxylation is 1. The van der Waals surface area contributed by atoms with E-state index in [2.05, 4.69) is 26.6 Å². The third kappa shape index (κ3) is 4.86. The van der Waals surface area contributed by atoms with Crippen molar-refractivity contribution in [3.63, 3.8) is 0 Å². The van der Waals surface area contributed by atoms with E-state index in [1.54, 1.807) is 26.0 Å². The average molecular weight is 357 g/mol. The van der Waals surface area contributed by atoms with Crippen LogP contribution in [0.3, 0.4) is 0 Å². The van der Waals surface area contributed by atoms with E-state index in [0.717, 1.165) is 4.47 Å². The molecule has 0 aliphatic heterocycles. The molecule has 3 amide bonds. The van der Waals surface area contributed by atoms with Crippen molar-refractivity contribution in [1.82, 2.24) is 10.6 Å². The highest BCUT2D eigenvalue weighted by molar-refractivity contribution is 9.10. The summed E-state index contributed by atoms with van der Waals surface area (Å²) in [5.41, 5.74) is 1.05. The van der Waals surface area contributed by atoms with Gasteiger partial charge < -0.3 is 10.1 Å². The van der Waals surface area contributed by atoms with Gasteiger partial charge in [0.05, 0.1) is 5.56 Å². The molecule has 0 radical (unpaired) electrons. The maximum atomic E-state index is 11.8. The van der Waals surface area contributed by atoms with E-state index in [1.807, 2.05) is 0 Å². The minimum atomic E-state index is -0.911. The molecule has 0 aliphatic rings. The minimum Gasteiger partial charge on any atom is -0.480 e. The van der Waals surface area contributed by atoms with Crippen LogP contribution >= 0.6 is 15.9 Å². The van der Waals surface area contributed by atoms with Gasteiger partial charge in [0.15, 0.2) is 12.4 Å². The SMILES string of the molecule is CCNC(=O)NC(=O)C(C)Oc1c(C)cc(Br)cc1C=O. The van der Waals surface area contributed by atoms with Crippen LogP contribution in [0.4, 0.5) is 4.79 Å². The molecule has 0 bridgehead atoms. The average Bonchev–Trinajstić information content (AvgIpc) is 2.41. The van der Waals surface area contributed by atoms with Crippen LogP contribution in [0.1, 0.15) is 29.8 Å². The maximum absolute atomic E-state index is 11.8. The maximum Gasteiger partial charge on any atom is 0.321 e. The van der Waals surface area contributed by atoms with Gasteiger partial charge in [0, 0.05) is 11.0 Å². The minimum absolute atomic E-state index is 0.326. The van der Waals surface area contributed by atoms with Crippen LogP contribution in [0.15, 0.2) is 16.6 Å². The monoisotopic (exact) mass is 356 g/mol. The Morgan fingerprint density at radius 2 is 2.10 bits per heavy atom. The topological polar surface area (TPSA) is 84.5 Å². The Kier molecular flexibility index (Phi) is 6.36. The normalized spacial score (nSPS) is 11.4. The van der Waals surface area contributed by atoms with Crippen molar-refractivity contribution in [3.8, 4) is 5.75 Å². The van der Waals surface area contributed by atoms with Gasteiger partial charge >= 0.3 is 6.03 Å². The van der Waals surface area contributed by atoms with Crippen molar-refractivity contribution in [2.24, 2.45) is 0 Å². The van der Waals surface area contributed by atoms with E-state index in [9.17, 15) is 14.4 Å². The van der Waals surface area contributed by atoms with Crippen molar-refractivity contribution in [2.45, 2.75) is 26.9 Å². The Hall–Kier alpha value is -1.89. The Bertz CT molecular complexity index is 560. The molecule has 6 nitrogen and oxygen atoms in total. The van der Waals surface area contributed by atoms with Gasteiger partial charge in [-0.2, -0.15) is 0 Å². The summed E-state index contributed by atoms with van der Waals surface area (Å²) < 4.78 is 6.26. The Morgan fingerprint density at radius 1 is 1.43 bits per heavy atom. The number of carbonyl (C=O) groups excluding carboxylic acids is 3. The number of amides is 3. The highest BCUT2D eigenvalue weighted by atomic mass is 79.9. The lowest BCUT2D eigenvalue weighted by molar-refractivity contribution is -0.126. The van der Waals surface area contributed by atoms with Crippen molar-refractivity contribution in [2.75, 3.05) is 6.54 Å². The van der Waals surface area contributed by atoms with Gasteiger partial charge in [-0.25, -0.2) is 4.79 Å². The quantitative estimate of drug-likeness (QED) is 0.792. The molecule has 0 saturated heterocycles. The van der Waals surface area contributed by atoms with Crippen LogP contribution < -0.4 is 15.4 Å². The number of hydrogen-bond donors (Lipinski definition) is 2. The second-order valence-electron chi connectivity index (χ2n) is 4.37. The summed E-state index contributed by atoms with van der Waals surface area (Å²) in [6, 6.07) is 2.79. The number of halogens is 1. The first-order chi connectivity index (χ1) is 9.88. The Balaban J connectivity index is 2.83. The molecule has 1 rings (SSSR count). The molecule has 0 fully saturated rings. The van der Waals surface area contributed by atoms with Crippen LogP contribution in [-0.4, -0.2) is 30.9 Å². The highest BCUT2D eigenvalue weighted by Gasteiger charge is 2.19. The predicted octanol–water partition coefficient (Wildman–Crippen LogP) is 2.18. The molecular weight excluding hydrogens is 340 g/mol. The molecule has 1 aromatic rings. The van der Waals surface area contributed by atoms with E-state index in [1.165, 1.54) is 6.92 Å². The highest BCUT2D eigenvalue weighted by Crippen LogP contribution is 2.27. The van der Waals surface area contributed by atoms with Gasteiger partial charge in [0.1, 0.15) is 5.75 Å². The summed E-state index contributed by atoms with van der Waals surface area (Å²) in [4.78, 5) is 34.2. The first-order valence-electron chi connectivity index (χ1n) is 6.39. The first-order valence-corrected chi connectivity index (χ1v) is 7.19. The molecule has 7 heteroatoms. The molecule has 0 aliphatic carbocycles. The van der Waals surface area contributed by atoms with Crippen LogP contribution in [0.25, 0.3) is 0 Å². The Labute approximate surface area is 131 Å². The van der Waals surface area contributed by atoms with Crippen molar-refractivity contribution >= 4 is 34.2 Å². The molecule has 114 valence electrons. The van der Waals surface area contributed by atoms with Gasteiger partial charge in [0.2, 0.25) is 0 Å². The largest absolute Gasteiger partial charge is 0.480 e. The molecule has 2 N–H and O–H groups in total. The molecule has 1 aromatic carbocycles. The lowest BCUT2D eigenvalue weighted by Crippen LogP contribution is -2.45. The third-order valence-electron chi connectivity index (χ3n) is 2.63. The van der Waals surface area contributed by atoms with Crippen molar-refractivity contribution in [1.29, 1.82) is 0 Å². The number of rotatable bonds is 5. The summed E-state index contributed by atoms with van der Waals surface area (Å²) in [6.07, 6.45) is -0.257. The summed E-state index contributed by atoms with van der Waals surface area (Å²) >= 11 is 3.29. The van der Waals surface area contributed by atoms with Crippen LogP contribution in [0, 0.1) is 6.92 Å². The number of nitrogens with one attached hydrogen (secondary N) is 2. The number of ether oxygens (including phenoxy) is 1.